The van der Waals surface area contributed by atoms with Crippen LogP contribution >= 0.6 is 0 Å². The molecule has 1 aliphatic carbocycles. The van der Waals surface area contributed by atoms with E-state index < -0.39 is 0 Å². The summed E-state index contributed by atoms with van der Waals surface area (Å²) >= 11 is 0. The van der Waals surface area contributed by atoms with Crippen LogP contribution in [0.1, 0.15) is 23.6 Å². The molecule has 0 unspecified atom stereocenters. The molecule has 0 N–H and O–H groups in total. The Kier molecular flexibility index (Phi) is 2.36. The van der Waals surface area contributed by atoms with Crippen LogP contribution in [-0.2, 0) is 0 Å². The summed E-state index contributed by atoms with van der Waals surface area (Å²) in [7, 11) is 0. The maximum Gasteiger partial charge on any atom is 0.0161 e. The molecule has 1 aliphatic rings. The van der Waals surface area contributed by atoms with Crippen LogP contribution in [-0.4, -0.2) is 0 Å². The van der Waals surface area contributed by atoms with E-state index in [-0.39, 0.29) is 0 Å². The first kappa shape index (κ1) is 10.3. The van der Waals surface area contributed by atoms with Crippen molar-refractivity contribution in [2.45, 2.75) is 13.8 Å². The van der Waals surface area contributed by atoms with Crippen molar-refractivity contribution < 1.29 is 0 Å². The highest BCUT2D eigenvalue weighted by atomic mass is 14.2. The lowest BCUT2D eigenvalue weighted by molar-refractivity contribution is 1.44. The molecule has 0 heterocycles. The Labute approximate surface area is 103 Å². The zero-order chi connectivity index (χ0) is 11.8. The van der Waals surface area contributed by atoms with Gasteiger partial charge in [-0.2, -0.15) is 0 Å². The molecule has 2 aromatic carbocycles. The highest BCUT2D eigenvalue weighted by molar-refractivity contribution is 5.82. The maximum atomic E-state index is 2.27. The highest BCUT2D eigenvalue weighted by Crippen LogP contribution is 2.34. The molecular formula is C17H15. The van der Waals surface area contributed by atoms with Crippen molar-refractivity contribution >= 4 is 6.08 Å². The van der Waals surface area contributed by atoms with Crippen LogP contribution in [0.3, 0.4) is 0 Å². The molecule has 0 nitrogen and oxygen atoms in total. The number of aryl methyl sites for hydroxylation is 1. The highest BCUT2D eigenvalue weighted by Gasteiger charge is 2.14. The van der Waals surface area contributed by atoms with Crippen LogP contribution in [0.25, 0.3) is 17.2 Å². The standard InChI is InChI=1S/C17H15/c1-12-6-8-14(9-7-12)16-5-3-4-15-10-13(2)11-17(15)16/h3-11H,1-2H3. The Hall–Kier alpha value is -1.82. The Morgan fingerprint density at radius 1 is 0.824 bits per heavy atom. The number of hydrogen-bond acceptors (Lipinski definition) is 0. The van der Waals surface area contributed by atoms with Crippen LogP contribution in [0.5, 0.6) is 0 Å². The van der Waals surface area contributed by atoms with Gasteiger partial charge in [-0.25, -0.2) is 0 Å². The fourth-order valence-electron chi connectivity index (χ4n) is 2.37. The predicted octanol–water partition coefficient (Wildman–Crippen LogP) is 4.63. The molecular weight excluding hydrogens is 204 g/mol. The van der Waals surface area contributed by atoms with Crippen molar-refractivity contribution in [1.29, 1.82) is 0 Å². The second-order valence-electron chi connectivity index (χ2n) is 4.71. The van der Waals surface area contributed by atoms with E-state index in [1.165, 1.54) is 33.4 Å². The van der Waals surface area contributed by atoms with Crippen molar-refractivity contribution in [2.75, 3.05) is 0 Å². The van der Waals surface area contributed by atoms with E-state index in [4.69, 9.17) is 0 Å². The second kappa shape index (κ2) is 3.89. The summed E-state index contributed by atoms with van der Waals surface area (Å²) in [5.74, 6) is 0. The molecule has 0 bridgehead atoms. The first-order valence-electron chi connectivity index (χ1n) is 5.97. The minimum Gasteiger partial charge on any atom is -0.0642 e. The van der Waals surface area contributed by atoms with Crippen LogP contribution in [0.15, 0.2) is 48.0 Å². The molecule has 0 atom stereocenters. The minimum atomic E-state index is 1.30. The van der Waals surface area contributed by atoms with Gasteiger partial charge in [-0.15, -0.1) is 0 Å². The normalized spacial score (nSPS) is 13.4. The van der Waals surface area contributed by atoms with E-state index in [2.05, 4.69) is 68.8 Å². The third kappa shape index (κ3) is 1.80. The smallest absolute Gasteiger partial charge is 0.0161 e. The summed E-state index contributed by atoms with van der Waals surface area (Å²) < 4.78 is 0. The summed E-state index contributed by atoms with van der Waals surface area (Å²) in [6, 6.07) is 15.3. The lowest BCUT2D eigenvalue weighted by Crippen LogP contribution is -1.86. The van der Waals surface area contributed by atoms with Crippen LogP contribution in [0, 0.1) is 13.3 Å². The lowest BCUT2D eigenvalue weighted by Gasteiger charge is -2.08. The number of hydrogen-bond donors (Lipinski definition) is 0. The summed E-state index contributed by atoms with van der Waals surface area (Å²) in [5, 5.41) is 0. The fraction of sp³-hybridized carbons (Fsp3) is 0.118. The lowest BCUT2D eigenvalue weighted by atomic mass is 9.97. The van der Waals surface area contributed by atoms with Crippen molar-refractivity contribution in [2.24, 2.45) is 0 Å². The Morgan fingerprint density at radius 2 is 1.59 bits per heavy atom. The van der Waals surface area contributed by atoms with Gasteiger partial charge in [-0.05, 0) is 36.1 Å². The molecule has 0 saturated heterocycles. The molecule has 0 fully saturated rings. The van der Waals surface area contributed by atoms with E-state index in [9.17, 15) is 0 Å². The topological polar surface area (TPSA) is 0 Å². The van der Waals surface area contributed by atoms with E-state index in [1.807, 2.05) is 0 Å². The number of allylic oxidation sites excluding steroid dienone is 1. The van der Waals surface area contributed by atoms with Gasteiger partial charge in [0.2, 0.25) is 0 Å². The summed E-state index contributed by atoms with van der Waals surface area (Å²) in [6.07, 6.45) is 4.51. The molecule has 83 valence electrons. The molecule has 0 aromatic heterocycles. The third-order valence-electron chi connectivity index (χ3n) is 3.26. The molecule has 0 heteroatoms. The second-order valence-corrected chi connectivity index (χ2v) is 4.71. The zero-order valence-corrected chi connectivity index (χ0v) is 10.2. The Balaban J connectivity index is 2.16. The van der Waals surface area contributed by atoms with Crippen LogP contribution in [0.2, 0.25) is 0 Å². The van der Waals surface area contributed by atoms with Gasteiger partial charge in [-0.3, -0.25) is 0 Å². The van der Waals surface area contributed by atoms with Gasteiger partial charge >= 0.3 is 0 Å². The number of benzene rings is 2. The third-order valence-corrected chi connectivity index (χ3v) is 3.26. The number of rotatable bonds is 1. The van der Waals surface area contributed by atoms with Gasteiger partial charge in [0.15, 0.2) is 0 Å². The summed E-state index contributed by atoms with van der Waals surface area (Å²) in [6.45, 7) is 4.27. The minimum absolute atomic E-state index is 1.30. The van der Waals surface area contributed by atoms with Gasteiger partial charge in [0.05, 0.1) is 0 Å². The largest absolute Gasteiger partial charge is 0.0642 e. The molecule has 0 spiro atoms. The monoisotopic (exact) mass is 219 g/mol. The fourth-order valence-corrected chi connectivity index (χ4v) is 2.37. The first-order chi connectivity index (χ1) is 8.24. The summed E-state index contributed by atoms with van der Waals surface area (Å²) in [4.78, 5) is 0. The van der Waals surface area contributed by atoms with Crippen molar-refractivity contribution in [3.8, 4) is 11.1 Å². The molecule has 0 aliphatic heterocycles. The van der Waals surface area contributed by atoms with Crippen molar-refractivity contribution in [3.05, 3.63) is 71.1 Å². The van der Waals surface area contributed by atoms with Gasteiger partial charge in [0, 0.05) is 6.42 Å². The molecule has 3 rings (SSSR count). The van der Waals surface area contributed by atoms with Gasteiger partial charge in [0.25, 0.3) is 0 Å². The van der Waals surface area contributed by atoms with Crippen LogP contribution in [0.4, 0.5) is 0 Å². The van der Waals surface area contributed by atoms with Crippen LogP contribution < -0.4 is 0 Å². The Morgan fingerprint density at radius 3 is 2.35 bits per heavy atom. The zero-order valence-electron chi connectivity index (χ0n) is 10.2. The van der Waals surface area contributed by atoms with Gasteiger partial charge in [0.1, 0.15) is 0 Å². The molecule has 1 radical (unpaired) electrons. The average molecular weight is 219 g/mol. The summed E-state index contributed by atoms with van der Waals surface area (Å²) in [5.41, 5.74) is 7.95. The van der Waals surface area contributed by atoms with E-state index in [1.54, 1.807) is 0 Å². The van der Waals surface area contributed by atoms with E-state index in [0.29, 0.717) is 0 Å². The van der Waals surface area contributed by atoms with Gasteiger partial charge < -0.3 is 0 Å². The SMILES string of the molecule is CC1=Cc2c(cccc2-c2ccc(C)cc2)[CH]1. The molecule has 17 heavy (non-hydrogen) atoms. The average Bonchev–Trinajstić information content (AvgIpc) is 2.70. The first-order valence-corrected chi connectivity index (χ1v) is 5.97. The number of fused-ring (bicyclic) bond motifs is 1. The molecule has 2 aromatic rings. The van der Waals surface area contributed by atoms with Gasteiger partial charge in [-0.1, -0.05) is 59.7 Å². The Bertz CT molecular complexity index is 586. The molecule has 0 saturated carbocycles. The van der Waals surface area contributed by atoms with Crippen molar-refractivity contribution in [3.63, 3.8) is 0 Å². The van der Waals surface area contributed by atoms with E-state index in [0.717, 1.165) is 0 Å². The van der Waals surface area contributed by atoms with Crippen molar-refractivity contribution in [1.82, 2.24) is 0 Å². The maximum absolute atomic E-state index is 2.27. The van der Waals surface area contributed by atoms with E-state index >= 15 is 0 Å². The predicted molar refractivity (Wildman–Crippen MR) is 73.7 cm³/mol. The quantitative estimate of drug-likeness (QED) is 0.656. The molecule has 0 amide bonds.